The summed E-state index contributed by atoms with van der Waals surface area (Å²) in [6, 6.07) is 0. The summed E-state index contributed by atoms with van der Waals surface area (Å²) in [4.78, 5) is 0. The van der Waals surface area contributed by atoms with Crippen molar-refractivity contribution in [3.8, 4) is 0 Å². The SMILES string of the molecule is NCCO.[NH3+]CCO.[NH3+]CC[OH2+].[O-]B([O-])[O-]. The fourth-order valence-corrected chi connectivity index (χ4v) is 0. The van der Waals surface area contributed by atoms with Crippen molar-refractivity contribution < 1.29 is 41.9 Å². The first-order valence-electron chi connectivity index (χ1n) is 4.60. The van der Waals surface area contributed by atoms with Crippen molar-refractivity contribution in [2.24, 2.45) is 5.73 Å². The van der Waals surface area contributed by atoms with Crippen LogP contribution in [0, 0.1) is 0 Å². The van der Waals surface area contributed by atoms with Crippen LogP contribution in [-0.4, -0.2) is 62.1 Å². The first-order chi connectivity index (χ1) is 7.47. The average Bonchev–Trinajstić information content (AvgIpc) is 2.28. The minimum Gasteiger partial charge on any atom is -0.907 e. The number of quaternary nitrogens is 2. The normalized spacial score (nSPS) is 7.31. The number of aliphatic hydroxyl groups excluding tert-OH is 2. The summed E-state index contributed by atoms with van der Waals surface area (Å²) < 4.78 is 0. The van der Waals surface area contributed by atoms with Gasteiger partial charge < -0.3 is 47.6 Å². The van der Waals surface area contributed by atoms with Crippen LogP contribution >= 0.6 is 0 Å². The topological polar surface area (TPSA) is 214 Å². The molecule has 0 saturated heterocycles. The number of hydrogen-bond donors (Lipinski definition) is 5. The van der Waals surface area contributed by atoms with E-state index in [2.05, 4.69) is 11.5 Å². The molecule has 16 heavy (non-hydrogen) atoms. The number of rotatable bonds is 3. The summed E-state index contributed by atoms with van der Waals surface area (Å²) in [6.45, 7) is 2.50. The minimum atomic E-state index is -2.92. The van der Waals surface area contributed by atoms with Gasteiger partial charge in [0.2, 0.25) is 0 Å². The number of hydrogen-bond acceptors (Lipinski definition) is 6. The van der Waals surface area contributed by atoms with E-state index in [0.717, 1.165) is 6.54 Å². The van der Waals surface area contributed by atoms with Gasteiger partial charge in [-0.25, -0.2) is 0 Å². The van der Waals surface area contributed by atoms with Crippen LogP contribution in [0.2, 0.25) is 0 Å². The quantitative estimate of drug-likeness (QED) is 0.240. The molecule has 0 bridgehead atoms. The van der Waals surface area contributed by atoms with Crippen molar-refractivity contribution in [1.29, 1.82) is 0 Å². The van der Waals surface area contributed by atoms with Gasteiger partial charge in [0.15, 0.2) is 6.61 Å². The highest BCUT2D eigenvalue weighted by Crippen LogP contribution is 1.33. The van der Waals surface area contributed by atoms with Crippen LogP contribution in [-0.2, 0) is 0 Å². The molecule has 102 valence electrons. The molecule has 10 heteroatoms. The van der Waals surface area contributed by atoms with Crippen LogP contribution in [0.5, 0.6) is 0 Å². The van der Waals surface area contributed by atoms with Gasteiger partial charge in [0.05, 0.1) is 19.8 Å². The van der Waals surface area contributed by atoms with Gasteiger partial charge in [-0.15, -0.1) is 0 Å². The van der Waals surface area contributed by atoms with E-state index in [-0.39, 0.29) is 13.2 Å². The Bertz CT molecular complexity index is 65.0. The Morgan fingerprint density at radius 2 is 1.25 bits per heavy atom. The second-order valence-corrected chi connectivity index (χ2v) is 1.98. The molecule has 0 spiro atoms. The Morgan fingerprint density at radius 3 is 1.25 bits per heavy atom. The maximum atomic E-state index is 8.42. The Hall–Kier alpha value is -0.295. The molecule has 0 heterocycles. The maximum Gasteiger partial charge on any atom is 0.193 e. The molecule has 0 aromatic rings. The highest BCUT2D eigenvalue weighted by Gasteiger charge is 1.66. The lowest BCUT2D eigenvalue weighted by Gasteiger charge is -2.35. The lowest BCUT2D eigenvalue weighted by atomic mass is 10.3. The van der Waals surface area contributed by atoms with Crippen molar-refractivity contribution >= 4 is 7.32 Å². The zero-order valence-corrected chi connectivity index (χ0v) is 9.43. The summed E-state index contributed by atoms with van der Waals surface area (Å²) in [5, 5.41) is 47.2. The molecular weight excluding hydrogens is 221 g/mol. The Kier molecular flexibility index (Phi) is 56.5. The van der Waals surface area contributed by atoms with Gasteiger partial charge in [0, 0.05) is 6.54 Å². The zero-order chi connectivity index (χ0) is 13.8. The molecule has 0 unspecified atom stereocenters. The van der Waals surface area contributed by atoms with E-state index in [1.54, 1.807) is 0 Å². The van der Waals surface area contributed by atoms with Crippen molar-refractivity contribution in [1.82, 2.24) is 0 Å². The number of nitrogens with two attached hydrogens (primary N) is 1. The van der Waals surface area contributed by atoms with Gasteiger partial charge in [0.1, 0.15) is 6.54 Å². The van der Waals surface area contributed by atoms with Crippen molar-refractivity contribution in [2.45, 2.75) is 0 Å². The third-order valence-corrected chi connectivity index (χ3v) is 0.464. The van der Waals surface area contributed by atoms with E-state index in [0.29, 0.717) is 19.7 Å². The van der Waals surface area contributed by atoms with E-state index < -0.39 is 7.32 Å². The number of aliphatic hydroxyl groups is 2. The molecule has 0 atom stereocenters. The predicted molar refractivity (Wildman–Crippen MR) is 53.0 cm³/mol. The van der Waals surface area contributed by atoms with Gasteiger partial charge in [0.25, 0.3) is 0 Å². The van der Waals surface area contributed by atoms with Crippen molar-refractivity contribution in [3.63, 3.8) is 0 Å². The van der Waals surface area contributed by atoms with Crippen molar-refractivity contribution in [2.75, 3.05) is 39.5 Å². The second kappa shape index (κ2) is 36.4. The summed E-state index contributed by atoms with van der Waals surface area (Å²) in [7, 11) is -2.92. The molecule has 0 aromatic carbocycles. The van der Waals surface area contributed by atoms with Gasteiger partial charge in [-0.3, -0.25) is 7.32 Å². The predicted octanol–water partition coefficient (Wildman–Crippen LogP) is -8.84. The molecule has 0 aliphatic carbocycles. The first kappa shape index (κ1) is 24.8. The summed E-state index contributed by atoms with van der Waals surface area (Å²) >= 11 is 0. The highest BCUT2D eigenvalue weighted by molar-refractivity contribution is 6.24. The van der Waals surface area contributed by atoms with E-state index >= 15 is 0 Å². The summed E-state index contributed by atoms with van der Waals surface area (Å²) in [5.74, 6) is 0. The van der Waals surface area contributed by atoms with Crippen LogP contribution in [0.1, 0.15) is 0 Å². The Morgan fingerprint density at radius 1 is 1.06 bits per heavy atom. The monoisotopic (exact) mass is 245 g/mol. The molecular formula is C6H24BN3O6. The fourth-order valence-electron chi connectivity index (χ4n) is 0. The van der Waals surface area contributed by atoms with Gasteiger partial charge >= 0.3 is 0 Å². The molecule has 12 N–H and O–H groups in total. The van der Waals surface area contributed by atoms with Crippen LogP contribution in [0.4, 0.5) is 0 Å². The summed E-state index contributed by atoms with van der Waals surface area (Å²) in [5.41, 5.74) is 11.5. The molecule has 0 fully saturated rings. The fraction of sp³-hybridized carbons (Fsp3) is 1.00. The van der Waals surface area contributed by atoms with E-state index in [9.17, 15) is 0 Å². The van der Waals surface area contributed by atoms with Crippen molar-refractivity contribution in [3.05, 3.63) is 0 Å². The van der Waals surface area contributed by atoms with E-state index in [1.165, 1.54) is 0 Å². The molecule has 9 nitrogen and oxygen atoms in total. The molecule has 0 radical (unpaired) electrons. The van der Waals surface area contributed by atoms with Crippen LogP contribution < -0.4 is 32.3 Å². The second-order valence-electron chi connectivity index (χ2n) is 1.98. The zero-order valence-electron chi connectivity index (χ0n) is 9.43. The van der Waals surface area contributed by atoms with Gasteiger partial charge in [-0.1, -0.05) is 0 Å². The Balaban J connectivity index is -0.0000000600. The smallest absolute Gasteiger partial charge is 0.193 e. The third kappa shape index (κ3) is 302. The largest absolute Gasteiger partial charge is 0.907 e. The Labute approximate surface area is 95.3 Å². The van der Waals surface area contributed by atoms with E-state index in [1.807, 2.05) is 0 Å². The molecule has 0 saturated carbocycles. The molecule has 0 rings (SSSR count). The highest BCUT2D eigenvalue weighted by atomic mass is 16.5. The van der Waals surface area contributed by atoms with E-state index in [4.69, 9.17) is 36.1 Å². The maximum absolute atomic E-state index is 8.42. The molecule has 0 aliphatic rings. The van der Waals surface area contributed by atoms with Gasteiger partial charge in [-0.2, -0.15) is 0 Å². The first-order valence-corrected chi connectivity index (χ1v) is 4.60. The minimum absolute atomic E-state index is 0.0972. The lowest BCUT2D eigenvalue weighted by molar-refractivity contribution is -0.479. The lowest BCUT2D eigenvalue weighted by Crippen LogP contribution is -2.56. The average molecular weight is 245 g/mol. The standard InChI is InChI=1S/3C2H7NO.BO3/c3*3-1-2-4;2-1(3)4/h3*4H,1-3H2;/q;;;-3/p+3. The van der Waals surface area contributed by atoms with Crippen LogP contribution in [0.25, 0.3) is 0 Å². The van der Waals surface area contributed by atoms with Crippen LogP contribution in [0.3, 0.4) is 0 Å². The molecule has 0 aromatic heterocycles. The summed E-state index contributed by atoms with van der Waals surface area (Å²) in [6.07, 6.45) is 0. The molecule has 0 amide bonds. The van der Waals surface area contributed by atoms with Gasteiger partial charge in [-0.05, 0) is 0 Å². The van der Waals surface area contributed by atoms with Crippen LogP contribution in [0.15, 0.2) is 0 Å². The third-order valence-electron chi connectivity index (χ3n) is 0.464. The molecule has 0 aliphatic heterocycles.